The Labute approximate surface area is 151 Å². The van der Waals surface area contributed by atoms with Crippen molar-refractivity contribution < 1.29 is 9.59 Å². The summed E-state index contributed by atoms with van der Waals surface area (Å²) in [6.45, 7) is 2.96. The van der Waals surface area contributed by atoms with Crippen molar-refractivity contribution in [2.24, 2.45) is 7.05 Å². The molecule has 2 aromatic rings. The molecule has 0 aliphatic carbocycles. The van der Waals surface area contributed by atoms with Gasteiger partial charge in [0.25, 0.3) is 11.8 Å². The summed E-state index contributed by atoms with van der Waals surface area (Å²) in [7, 11) is 1.72. The summed E-state index contributed by atoms with van der Waals surface area (Å²) in [5, 5.41) is 7.60. The van der Waals surface area contributed by atoms with E-state index in [-0.39, 0.29) is 17.9 Å². The van der Waals surface area contributed by atoms with Crippen molar-refractivity contribution in [1.29, 1.82) is 0 Å². The van der Waals surface area contributed by atoms with Crippen molar-refractivity contribution in [2.75, 3.05) is 13.1 Å². The molecule has 2 heterocycles. The van der Waals surface area contributed by atoms with Crippen LogP contribution in [-0.2, 0) is 7.05 Å². The van der Waals surface area contributed by atoms with Crippen LogP contribution in [0.3, 0.4) is 0 Å². The summed E-state index contributed by atoms with van der Waals surface area (Å²) in [5.41, 5.74) is 1.76. The van der Waals surface area contributed by atoms with Gasteiger partial charge in [0, 0.05) is 31.7 Å². The van der Waals surface area contributed by atoms with E-state index in [0.717, 1.165) is 12.8 Å². The molecule has 1 saturated heterocycles. The van der Waals surface area contributed by atoms with Crippen LogP contribution in [0.15, 0.2) is 30.3 Å². The Morgan fingerprint density at radius 2 is 1.84 bits per heavy atom. The Kier molecular flexibility index (Phi) is 5.08. The number of halogens is 1. The van der Waals surface area contributed by atoms with Crippen molar-refractivity contribution in [3.63, 3.8) is 0 Å². The lowest BCUT2D eigenvalue weighted by Gasteiger charge is -2.32. The standard InChI is InChI=1S/C18H21ClN4O2/c1-12-15(16(19)22(2)21-12)18(25)23-10-8-14(9-11-23)20-17(24)13-6-4-3-5-7-13/h3-7,14H,8-11H2,1-2H3,(H,20,24). The minimum atomic E-state index is -0.0940. The third kappa shape index (κ3) is 3.69. The van der Waals surface area contributed by atoms with Gasteiger partial charge in [-0.25, -0.2) is 0 Å². The maximum atomic E-state index is 12.7. The quantitative estimate of drug-likeness (QED) is 0.914. The zero-order chi connectivity index (χ0) is 18.0. The number of hydrogen-bond donors (Lipinski definition) is 1. The second-order valence-corrected chi connectivity index (χ2v) is 6.64. The monoisotopic (exact) mass is 360 g/mol. The van der Waals surface area contributed by atoms with E-state index in [1.165, 1.54) is 4.68 Å². The number of likely N-dealkylation sites (tertiary alicyclic amines) is 1. The first-order valence-corrected chi connectivity index (χ1v) is 8.69. The average molecular weight is 361 g/mol. The Bertz CT molecular complexity index is 780. The molecular formula is C18H21ClN4O2. The Balaban J connectivity index is 1.58. The fraction of sp³-hybridized carbons (Fsp3) is 0.389. The highest BCUT2D eigenvalue weighted by Crippen LogP contribution is 2.22. The number of aromatic nitrogens is 2. The Morgan fingerprint density at radius 3 is 2.40 bits per heavy atom. The molecule has 7 heteroatoms. The smallest absolute Gasteiger partial charge is 0.258 e. The molecule has 1 aromatic heterocycles. The maximum absolute atomic E-state index is 12.7. The number of benzene rings is 1. The molecule has 132 valence electrons. The summed E-state index contributed by atoms with van der Waals surface area (Å²) in [6.07, 6.45) is 1.45. The van der Waals surface area contributed by atoms with Crippen molar-refractivity contribution in [3.8, 4) is 0 Å². The van der Waals surface area contributed by atoms with Gasteiger partial charge in [-0.3, -0.25) is 14.3 Å². The third-order valence-electron chi connectivity index (χ3n) is 4.52. The summed E-state index contributed by atoms with van der Waals surface area (Å²) in [5.74, 6) is -0.167. The van der Waals surface area contributed by atoms with E-state index in [1.807, 2.05) is 18.2 Å². The molecule has 1 fully saturated rings. The van der Waals surface area contributed by atoms with Crippen LogP contribution in [0.2, 0.25) is 5.15 Å². The summed E-state index contributed by atoms with van der Waals surface area (Å²) in [4.78, 5) is 26.7. The predicted octanol–water partition coefficient (Wildman–Crippen LogP) is 2.42. The van der Waals surface area contributed by atoms with Crippen LogP contribution in [0.5, 0.6) is 0 Å². The summed E-state index contributed by atoms with van der Waals surface area (Å²) in [6, 6.07) is 9.23. The van der Waals surface area contributed by atoms with Gasteiger partial charge in [0.2, 0.25) is 0 Å². The lowest BCUT2D eigenvalue weighted by Crippen LogP contribution is -2.46. The van der Waals surface area contributed by atoms with Gasteiger partial charge >= 0.3 is 0 Å². The number of piperidine rings is 1. The van der Waals surface area contributed by atoms with Gasteiger partial charge in [0.05, 0.1) is 11.3 Å². The molecule has 1 N–H and O–H groups in total. The van der Waals surface area contributed by atoms with Gasteiger partial charge in [-0.2, -0.15) is 5.10 Å². The van der Waals surface area contributed by atoms with Gasteiger partial charge in [-0.15, -0.1) is 0 Å². The molecule has 2 amide bonds. The number of carbonyl (C=O) groups is 2. The number of nitrogens with zero attached hydrogens (tertiary/aromatic N) is 3. The minimum Gasteiger partial charge on any atom is -0.349 e. The lowest BCUT2D eigenvalue weighted by atomic mass is 10.0. The van der Waals surface area contributed by atoms with E-state index in [9.17, 15) is 9.59 Å². The van der Waals surface area contributed by atoms with Crippen molar-refractivity contribution >= 4 is 23.4 Å². The number of nitrogens with one attached hydrogen (secondary N) is 1. The lowest BCUT2D eigenvalue weighted by molar-refractivity contribution is 0.0697. The Morgan fingerprint density at radius 1 is 1.20 bits per heavy atom. The third-order valence-corrected chi connectivity index (χ3v) is 4.95. The zero-order valence-electron chi connectivity index (χ0n) is 14.3. The van der Waals surface area contributed by atoms with E-state index in [2.05, 4.69) is 10.4 Å². The topological polar surface area (TPSA) is 67.2 Å². The molecule has 0 atom stereocenters. The first-order chi connectivity index (χ1) is 12.0. The first kappa shape index (κ1) is 17.5. The molecule has 0 bridgehead atoms. The molecule has 0 spiro atoms. The van der Waals surface area contributed by atoms with Crippen LogP contribution in [0.1, 0.15) is 39.3 Å². The van der Waals surface area contributed by atoms with Gasteiger partial charge in [-0.1, -0.05) is 29.8 Å². The van der Waals surface area contributed by atoms with Gasteiger partial charge in [0.15, 0.2) is 0 Å². The minimum absolute atomic E-state index is 0.0715. The normalized spacial score (nSPS) is 15.2. The van der Waals surface area contributed by atoms with E-state index < -0.39 is 0 Å². The van der Waals surface area contributed by atoms with Crippen LogP contribution < -0.4 is 5.32 Å². The fourth-order valence-corrected chi connectivity index (χ4v) is 3.37. The fourth-order valence-electron chi connectivity index (χ4n) is 3.12. The maximum Gasteiger partial charge on any atom is 0.258 e. The SMILES string of the molecule is Cc1nn(C)c(Cl)c1C(=O)N1CCC(NC(=O)c2ccccc2)CC1. The summed E-state index contributed by atoms with van der Waals surface area (Å²) < 4.78 is 1.51. The molecular weight excluding hydrogens is 340 g/mol. The molecule has 3 rings (SSSR count). The highest BCUT2D eigenvalue weighted by atomic mass is 35.5. The molecule has 25 heavy (non-hydrogen) atoms. The van der Waals surface area contributed by atoms with Gasteiger partial charge in [0.1, 0.15) is 5.15 Å². The second kappa shape index (κ2) is 7.27. The largest absolute Gasteiger partial charge is 0.349 e. The molecule has 6 nitrogen and oxygen atoms in total. The average Bonchev–Trinajstić information content (AvgIpc) is 2.88. The van der Waals surface area contributed by atoms with Crippen molar-refractivity contribution in [1.82, 2.24) is 20.0 Å². The number of hydrogen-bond acceptors (Lipinski definition) is 3. The highest BCUT2D eigenvalue weighted by molar-refractivity contribution is 6.33. The highest BCUT2D eigenvalue weighted by Gasteiger charge is 2.28. The second-order valence-electron chi connectivity index (χ2n) is 6.28. The number of amides is 2. The Hall–Kier alpha value is -2.34. The molecule has 0 radical (unpaired) electrons. The van der Waals surface area contributed by atoms with Crippen LogP contribution in [0, 0.1) is 6.92 Å². The van der Waals surface area contributed by atoms with Crippen molar-refractivity contribution in [2.45, 2.75) is 25.8 Å². The van der Waals surface area contributed by atoms with E-state index in [0.29, 0.717) is 35.1 Å². The van der Waals surface area contributed by atoms with Crippen LogP contribution >= 0.6 is 11.6 Å². The van der Waals surface area contributed by atoms with Crippen molar-refractivity contribution in [3.05, 3.63) is 52.3 Å². The summed E-state index contributed by atoms with van der Waals surface area (Å²) >= 11 is 6.19. The van der Waals surface area contributed by atoms with Crippen LogP contribution in [0.25, 0.3) is 0 Å². The predicted molar refractivity (Wildman–Crippen MR) is 95.8 cm³/mol. The molecule has 0 unspecified atom stereocenters. The van der Waals surface area contributed by atoms with Gasteiger partial charge < -0.3 is 10.2 Å². The first-order valence-electron chi connectivity index (χ1n) is 8.31. The van der Waals surface area contributed by atoms with Crippen LogP contribution in [0.4, 0.5) is 0 Å². The van der Waals surface area contributed by atoms with Crippen LogP contribution in [-0.4, -0.2) is 45.6 Å². The molecule has 0 saturated carbocycles. The number of aryl methyl sites for hydroxylation is 2. The van der Waals surface area contributed by atoms with E-state index >= 15 is 0 Å². The zero-order valence-corrected chi connectivity index (χ0v) is 15.1. The molecule has 1 aromatic carbocycles. The number of rotatable bonds is 3. The van der Waals surface area contributed by atoms with Gasteiger partial charge in [-0.05, 0) is 31.9 Å². The molecule has 1 aliphatic heterocycles. The van der Waals surface area contributed by atoms with E-state index in [4.69, 9.17) is 11.6 Å². The molecule has 1 aliphatic rings. The number of carbonyl (C=O) groups excluding carboxylic acids is 2. The van der Waals surface area contributed by atoms with E-state index in [1.54, 1.807) is 31.0 Å².